The number of furan rings is 1. The average Bonchev–Trinajstić information content (AvgIpc) is 2.77. The number of halogens is 1. The molecule has 2 unspecified atom stereocenters. The summed E-state index contributed by atoms with van der Waals surface area (Å²) in [5, 5.41) is 0.402. The van der Waals surface area contributed by atoms with E-state index in [2.05, 4.69) is 29.7 Å². The molecule has 0 spiro atoms. The number of fused-ring (bicyclic) bond motifs is 1. The van der Waals surface area contributed by atoms with Crippen molar-refractivity contribution in [2.24, 2.45) is 5.84 Å². The Bertz CT molecular complexity index is 552. The highest BCUT2D eigenvalue weighted by Gasteiger charge is 2.29. The molecule has 0 bridgehead atoms. The Balaban J connectivity index is 1.73. The molecule has 0 amide bonds. The molecule has 3 N–H and O–H groups in total. The second-order valence-corrected chi connectivity index (χ2v) is 5.07. The molecule has 1 aliphatic carbocycles. The normalized spacial score (nSPS) is 19.1. The van der Waals surface area contributed by atoms with Gasteiger partial charge >= 0.3 is 0 Å². The molecule has 1 aromatic heterocycles. The van der Waals surface area contributed by atoms with Crippen molar-refractivity contribution in [1.82, 2.24) is 5.43 Å². The summed E-state index contributed by atoms with van der Waals surface area (Å²) in [6.07, 6.45) is 2.04. The smallest absolute Gasteiger partial charge is 0.193 e. The summed E-state index contributed by atoms with van der Waals surface area (Å²) in [4.78, 5) is 0. The second-order valence-electron chi connectivity index (χ2n) is 4.70. The minimum atomic E-state index is 0.0101. The lowest BCUT2D eigenvalue weighted by Crippen LogP contribution is -2.31. The molecule has 3 nitrogen and oxygen atoms in total. The van der Waals surface area contributed by atoms with E-state index in [0.29, 0.717) is 11.1 Å². The molecule has 18 heavy (non-hydrogen) atoms. The number of nitrogens with two attached hydrogens (primary N) is 1. The van der Waals surface area contributed by atoms with Crippen LogP contribution in [0.25, 0.3) is 0 Å². The van der Waals surface area contributed by atoms with E-state index in [1.54, 1.807) is 6.07 Å². The van der Waals surface area contributed by atoms with Crippen molar-refractivity contribution < 1.29 is 4.42 Å². The van der Waals surface area contributed by atoms with Crippen LogP contribution >= 0.6 is 11.6 Å². The summed E-state index contributed by atoms with van der Waals surface area (Å²) in [6, 6.07) is 12.2. The third-order valence-corrected chi connectivity index (χ3v) is 3.82. The SMILES string of the molecule is NNC(CC1Cc2ccccc21)c1ccc(Cl)o1. The van der Waals surface area contributed by atoms with E-state index in [1.807, 2.05) is 6.07 Å². The minimum absolute atomic E-state index is 0.0101. The van der Waals surface area contributed by atoms with Gasteiger partial charge in [-0.25, -0.2) is 5.43 Å². The molecule has 0 saturated carbocycles. The largest absolute Gasteiger partial charge is 0.448 e. The van der Waals surface area contributed by atoms with Crippen LogP contribution in [0.4, 0.5) is 0 Å². The first kappa shape index (κ1) is 11.8. The van der Waals surface area contributed by atoms with Crippen molar-refractivity contribution in [2.45, 2.75) is 24.8 Å². The molecule has 2 aromatic rings. The molecule has 0 saturated heterocycles. The van der Waals surface area contributed by atoms with Crippen LogP contribution in [0.5, 0.6) is 0 Å². The summed E-state index contributed by atoms with van der Waals surface area (Å²) in [7, 11) is 0. The van der Waals surface area contributed by atoms with Crippen LogP contribution in [0.1, 0.15) is 35.3 Å². The number of rotatable bonds is 4. The highest BCUT2D eigenvalue weighted by molar-refractivity contribution is 6.28. The van der Waals surface area contributed by atoms with Crippen molar-refractivity contribution in [3.8, 4) is 0 Å². The zero-order chi connectivity index (χ0) is 12.5. The Morgan fingerprint density at radius 3 is 2.83 bits per heavy atom. The van der Waals surface area contributed by atoms with Crippen LogP contribution in [-0.2, 0) is 6.42 Å². The van der Waals surface area contributed by atoms with Gasteiger partial charge in [0.2, 0.25) is 0 Å². The fourth-order valence-electron chi connectivity index (χ4n) is 2.64. The maximum atomic E-state index is 5.79. The molecular formula is C14H15ClN2O. The van der Waals surface area contributed by atoms with Gasteiger partial charge < -0.3 is 4.42 Å². The predicted molar refractivity (Wildman–Crippen MR) is 71.3 cm³/mol. The lowest BCUT2D eigenvalue weighted by molar-refractivity contribution is 0.367. The zero-order valence-corrected chi connectivity index (χ0v) is 10.7. The Hall–Kier alpha value is -1.29. The average molecular weight is 263 g/mol. The van der Waals surface area contributed by atoms with Gasteiger partial charge in [0.05, 0.1) is 6.04 Å². The van der Waals surface area contributed by atoms with E-state index in [-0.39, 0.29) is 6.04 Å². The minimum Gasteiger partial charge on any atom is -0.448 e. The van der Waals surface area contributed by atoms with E-state index in [4.69, 9.17) is 21.9 Å². The molecule has 0 radical (unpaired) electrons. The molecule has 1 aromatic carbocycles. The summed E-state index contributed by atoms with van der Waals surface area (Å²) < 4.78 is 5.42. The summed E-state index contributed by atoms with van der Waals surface area (Å²) in [5.74, 6) is 6.95. The van der Waals surface area contributed by atoms with Gasteiger partial charge in [0.25, 0.3) is 0 Å². The molecule has 3 rings (SSSR count). The van der Waals surface area contributed by atoms with Gasteiger partial charge in [0.1, 0.15) is 5.76 Å². The van der Waals surface area contributed by atoms with E-state index in [9.17, 15) is 0 Å². The zero-order valence-electron chi connectivity index (χ0n) is 9.90. The fraction of sp³-hybridized carbons (Fsp3) is 0.286. The quantitative estimate of drug-likeness (QED) is 0.657. The summed E-state index contributed by atoms with van der Waals surface area (Å²) in [6.45, 7) is 0. The van der Waals surface area contributed by atoms with Crippen LogP contribution in [0, 0.1) is 0 Å². The van der Waals surface area contributed by atoms with Crippen LogP contribution in [0.3, 0.4) is 0 Å². The van der Waals surface area contributed by atoms with Gasteiger partial charge in [-0.15, -0.1) is 0 Å². The standard InChI is InChI=1S/C14H15ClN2O/c15-14-6-5-13(18-14)12(17-16)8-10-7-9-3-1-2-4-11(9)10/h1-6,10,12,17H,7-8,16H2. The Morgan fingerprint density at radius 1 is 1.33 bits per heavy atom. The van der Waals surface area contributed by atoms with Gasteiger partial charge in [0.15, 0.2) is 5.22 Å². The molecule has 1 aliphatic rings. The second kappa shape index (κ2) is 4.76. The first-order valence-corrected chi connectivity index (χ1v) is 6.45. The molecule has 0 fully saturated rings. The van der Waals surface area contributed by atoms with Crippen molar-refractivity contribution in [3.05, 3.63) is 58.5 Å². The van der Waals surface area contributed by atoms with Crippen molar-refractivity contribution in [2.75, 3.05) is 0 Å². The molecule has 4 heteroatoms. The number of hydrogen-bond donors (Lipinski definition) is 2. The maximum Gasteiger partial charge on any atom is 0.193 e. The number of hydrogen-bond acceptors (Lipinski definition) is 3. The Labute approximate surface area is 111 Å². The van der Waals surface area contributed by atoms with E-state index < -0.39 is 0 Å². The molecule has 2 atom stereocenters. The van der Waals surface area contributed by atoms with E-state index in [1.165, 1.54) is 11.1 Å². The Kier molecular flexibility index (Phi) is 3.12. The van der Waals surface area contributed by atoms with Crippen molar-refractivity contribution >= 4 is 11.6 Å². The van der Waals surface area contributed by atoms with Crippen LogP contribution < -0.4 is 11.3 Å². The first-order valence-electron chi connectivity index (χ1n) is 6.07. The third-order valence-electron chi connectivity index (χ3n) is 3.62. The Morgan fingerprint density at radius 2 is 2.17 bits per heavy atom. The van der Waals surface area contributed by atoms with E-state index in [0.717, 1.165) is 18.6 Å². The lowest BCUT2D eigenvalue weighted by atomic mass is 9.74. The van der Waals surface area contributed by atoms with Gasteiger partial charge in [0, 0.05) is 0 Å². The number of nitrogens with one attached hydrogen (secondary N) is 1. The van der Waals surface area contributed by atoms with Crippen LogP contribution in [0.15, 0.2) is 40.8 Å². The van der Waals surface area contributed by atoms with Gasteiger partial charge in [-0.3, -0.25) is 5.84 Å². The van der Waals surface area contributed by atoms with Crippen molar-refractivity contribution in [3.63, 3.8) is 0 Å². The van der Waals surface area contributed by atoms with Gasteiger partial charge in [-0.05, 0) is 53.6 Å². The van der Waals surface area contributed by atoms with Crippen LogP contribution in [-0.4, -0.2) is 0 Å². The van der Waals surface area contributed by atoms with E-state index >= 15 is 0 Å². The highest BCUT2D eigenvalue weighted by atomic mass is 35.5. The monoisotopic (exact) mass is 262 g/mol. The third kappa shape index (κ3) is 2.05. The summed E-state index contributed by atoms with van der Waals surface area (Å²) >= 11 is 5.79. The first-order chi connectivity index (χ1) is 8.78. The summed E-state index contributed by atoms with van der Waals surface area (Å²) in [5.41, 5.74) is 5.68. The molecule has 1 heterocycles. The number of hydrazine groups is 1. The van der Waals surface area contributed by atoms with Crippen LogP contribution in [0.2, 0.25) is 5.22 Å². The van der Waals surface area contributed by atoms with Gasteiger partial charge in [-0.2, -0.15) is 0 Å². The maximum absolute atomic E-state index is 5.79. The van der Waals surface area contributed by atoms with Gasteiger partial charge in [-0.1, -0.05) is 24.3 Å². The number of benzene rings is 1. The predicted octanol–water partition coefficient (Wildman–Crippen LogP) is 3.17. The topological polar surface area (TPSA) is 51.2 Å². The van der Waals surface area contributed by atoms with Crippen molar-refractivity contribution in [1.29, 1.82) is 0 Å². The fourth-order valence-corrected chi connectivity index (χ4v) is 2.79. The molecule has 0 aliphatic heterocycles. The molecular weight excluding hydrogens is 248 g/mol. The lowest BCUT2D eigenvalue weighted by Gasteiger charge is -2.32. The molecule has 94 valence electrons. The highest BCUT2D eigenvalue weighted by Crippen LogP contribution is 2.40.